The van der Waals surface area contributed by atoms with Crippen LogP contribution >= 0.6 is 0 Å². The summed E-state index contributed by atoms with van der Waals surface area (Å²) in [5, 5.41) is 33.9. The number of ether oxygens (including phenoxy) is 1. The molecule has 1 fully saturated rings. The fourth-order valence-electron chi connectivity index (χ4n) is 3.77. The van der Waals surface area contributed by atoms with Crippen LogP contribution in [0.25, 0.3) is 11.2 Å². The predicted molar refractivity (Wildman–Crippen MR) is 136 cm³/mol. The highest BCUT2D eigenvalue weighted by Gasteiger charge is 2.47. The number of aliphatic carboxylic acids is 1. The maximum Gasteiger partial charge on any atom is 0.320 e. The van der Waals surface area contributed by atoms with Gasteiger partial charge in [-0.25, -0.2) is 15.0 Å². The molecule has 1 saturated heterocycles. The molecule has 13 nitrogen and oxygen atoms in total. The molecule has 198 valence electrons. The van der Waals surface area contributed by atoms with E-state index in [-0.39, 0.29) is 6.42 Å². The molecule has 0 aromatic carbocycles. The van der Waals surface area contributed by atoms with Crippen molar-refractivity contribution in [1.82, 2.24) is 19.5 Å². The number of carboxylic acid groups (broad SMARTS) is 1. The van der Waals surface area contributed by atoms with Crippen LogP contribution in [0.15, 0.2) is 12.7 Å². The number of hydrogen-bond acceptors (Lipinski definition) is 10. The summed E-state index contributed by atoms with van der Waals surface area (Å²) in [5.41, 5.74) is 16.0. The highest BCUT2D eigenvalue weighted by Crippen LogP contribution is 2.33. The van der Waals surface area contributed by atoms with Crippen molar-refractivity contribution in [3.8, 4) is 11.8 Å². The molecule has 0 saturated carbocycles. The molecule has 0 spiro atoms. The number of unbranched alkanes of at least 4 members (excludes halogenated alkanes) is 1. The Labute approximate surface area is 212 Å². The zero-order valence-electron chi connectivity index (χ0n) is 20.1. The van der Waals surface area contributed by atoms with Gasteiger partial charge in [0.05, 0.1) is 19.4 Å². The molecule has 2 aromatic heterocycles. The lowest BCUT2D eigenvalue weighted by molar-refractivity contribution is -0.362. The van der Waals surface area contributed by atoms with Gasteiger partial charge in [0.1, 0.15) is 42.2 Å². The average Bonchev–Trinajstić information content (AvgIpc) is 3.42. The normalized spacial score (nSPS) is 23.2. The number of rotatable bonds is 13. The molecule has 1 aliphatic rings. The second kappa shape index (κ2) is 13.7. The number of fused-ring (bicyclic) bond motifs is 1. The van der Waals surface area contributed by atoms with Crippen molar-refractivity contribution in [1.29, 1.82) is 0 Å². The van der Waals surface area contributed by atoms with Crippen molar-refractivity contribution in [3.05, 3.63) is 12.7 Å². The highest BCUT2D eigenvalue weighted by atomic mass is 32.2. The van der Waals surface area contributed by atoms with Gasteiger partial charge in [0.25, 0.3) is 0 Å². The van der Waals surface area contributed by atoms with Crippen molar-refractivity contribution in [3.63, 3.8) is 0 Å². The maximum absolute atomic E-state index is 11.2. The van der Waals surface area contributed by atoms with Crippen LogP contribution in [-0.4, -0.2) is 102 Å². The van der Waals surface area contributed by atoms with Crippen molar-refractivity contribution in [2.24, 2.45) is 11.5 Å². The van der Waals surface area contributed by atoms with E-state index in [9.17, 15) is 15.0 Å². The van der Waals surface area contributed by atoms with E-state index in [1.54, 1.807) is 4.57 Å². The average molecular weight is 525 g/mol. The third-order valence-corrected chi connectivity index (χ3v) is 7.95. The van der Waals surface area contributed by atoms with Crippen molar-refractivity contribution in [2.75, 3.05) is 42.2 Å². The zero-order valence-corrected chi connectivity index (χ0v) is 20.9. The van der Waals surface area contributed by atoms with E-state index in [0.717, 1.165) is 6.42 Å². The number of nitrogens with zero attached hydrogens (tertiary/aromatic N) is 4. The summed E-state index contributed by atoms with van der Waals surface area (Å²) in [6.07, 6.45) is 0.748. The number of anilines is 1. The van der Waals surface area contributed by atoms with Crippen molar-refractivity contribution < 1.29 is 30.6 Å². The number of nitrogens with two attached hydrogens (primary N) is 2. The van der Waals surface area contributed by atoms with Gasteiger partial charge in [-0.15, -0.1) is 0 Å². The zero-order chi connectivity index (χ0) is 26.1. The summed E-state index contributed by atoms with van der Waals surface area (Å²) < 4.78 is 7.70. The molecule has 5 unspecified atom stereocenters. The number of quaternary nitrogens is 1. The largest absolute Gasteiger partial charge is 0.480 e. The van der Waals surface area contributed by atoms with Crippen LogP contribution in [0.4, 0.5) is 5.82 Å². The minimum atomic E-state index is -1.21. The minimum absolute atomic E-state index is 0.282. The third kappa shape index (κ3) is 7.04. The predicted octanol–water partition coefficient (Wildman–Crippen LogP) is -2.74. The van der Waals surface area contributed by atoms with E-state index in [0.29, 0.717) is 60.3 Å². The van der Waals surface area contributed by atoms with Crippen LogP contribution in [0.5, 0.6) is 0 Å². The molecule has 2 aromatic rings. The number of aromatic nitrogens is 4. The lowest BCUT2D eigenvalue weighted by Crippen LogP contribution is -2.53. The van der Waals surface area contributed by atoms with E-state index < -0.39 is 47.4 Å². The molecular weight excluding hydrogens is 488 g/mol. The molecule has 0 aliphatic carbocycles. The first kappa shape index (κ1) is 28.1. The van der Waals surface area contributed by atoms with E-state index >= 15 is 0 Å². The summed E-state index contributed by atoms with van der Waals surface area (Å²) in [4.78, 5) is 24.1. The Morgan fingerprint density at radius 2 is 2.11 bits per heavy atom. The fourth-order valence-corrected chi connectivity index (χ4v) is 5.83. The number of carboxylic acids is 1. The molecule has 1 aliphatic heterocycles. The summed E-state index contributed by atoms with van der Waals surface area (Å²) in [6, 6.07) is -0.971. The summed E-state index contributed by atoms with van der Waals surface area (Å²) in [7, 11) is -0.400. The number of hydrogen-bond donors (Lipinski definition) is 7. The standard InChI is InChI=1S/C22H34N8O5S/c23-6-3-1-2-4-9-36(10-5-14(25)22(33)34)11-15-17(31)18(32)21(35-15)30-13-29-16-19(26-8-7-24)27-12-28-20(16)30/h12-15,17-18,21,31-32H,1,3,5-11,23-25H2,(H-,26,27,28,33,34)/p+2/t14-,15?,17?,18?,21?,36?/m0/s1. The van der Waals surface area contributed by atoms with E-state index in [4.69, 9.17) is 21.3 Å². The molecule has 36 heavy (non-hydrogen) atoms. The van der Waals surface area contributed by atoms with Gasteiger partial charge < -0.3 is 42.6 Å². The second-order valence-corrected chi connectivity index (χ2v) is 10.7. The number of aliphatic hydroxyl groups excluding tert-OH is 2. The van der Waals surface area contributed by atoms with Crippen LogP contribution < -0.4 is 22.5 Å². The molecule has 0 amide bonds. The minimum Gasteiger partial charge on any atom is -0.480 e. The lowest BCUT2D eigenvalue weighted by Gasteiger charge is -2.16. The van der Waals surface area contributed by atoms with Gasteiger partial charge in [-0.1, -0.05) is 5.92 Å². The second-order valence-electron chi connectivity index (χ2n) is 8.48. The summed E-state index contributed by atoms with van der Waals surface area (Å²) in [6.45, 7) is 1.85. The molecule has 11 N–H and O–H groups in total. The fraction of sp³-hybridized carbons (Fsp3) is 0.636. The van der Waals surface area contributed by atoms with Crippen LogP contribution in [-0.2, 0) is 20.4 Å². The molecule has 6 atom stereocenters. The maximum atomic E-state index is 11.2. The molecule has 3 rings (SSSR count). The Morgan fingerprint density at radius 1 is 1.31 bits per heavy atom. The van der Waals surface area contributed by atoms with Gasteiger partial charge >= 0.3 is 5.97 Å². The van der Waals surface area contributed by atoms with Gasteiger partial charge in [-0.05, 0) is 18.9 Å². The molecule has 3 heterocycles. The molecular formula is C22H36N8O5S+2. The first-order valence-electron chi connectivity index (χ1n) is 11.9. The number of imidazole rings is 1. The Kier molecular flexibility index (Phi) is 10.7. The Bertz CT molecular complexity index is 1060. The van der Waals surface area contributed by atoms with E-state index in [1.807, 2.05) is 0 Å². The van der Waals surface area contributed by atoms with Gasteiger partial charge in [0, 0.05) is 23.7 Å². The first-order chi connectivity index (χ1) is 17.4. The Hall–Kier alpha value is -2.51. The smallest absolute Gasteiger partial charge is 0.320 e. The number of aliphatic hydroxyl groups is 2. The monoisotopic (exact) mass is 524 g/mol. The topological polar surface area (TPSA) is 222 Å². The SMILES string of the molecule is NCCCC#CC[S+](CC[C@H](N)C(=O)O)CC1OC(n2cnc3c(NCC[NH3+])ncnc32)C(O)C1O. The number of nitrogens with one attached hydrogen (secondary N) is 1. The Balaban J connectivity index is 1.73. The quantitative estimate of drug-likeness (QED) is 0.0808. The van der Waals surface area contributed by atoms with Crippen LogP contribution in [0.3, 0.4) is 0 Å². The van der Waals surface area contributed by atoms with Gasteiger partial charge in [-0.3, -0.25) is 9.36 Å². The third-order valence-electron chi connectivity index (χ3n) is 5.78. The summed E-state index contributed by atoms with van der Waals surface area (Å²) in [5.74, 6) is 7.16. The molecule has 0 bridgehead atoms. The molecule has 0 radical (unpaired) electrons. The van der Waals surface area contributed by atoms with Gasteiger partial charge in [-0.2, -0.15) is 0 Å². The van der Waals surface area contributed by atoms with E-state index in [1.165, 1.54) is 12.7 Å². The van der Waals surface area contributed by atoms with Crippen molar-refractivity contribution in [2.45, 2.75) is 49.8 Å². The lowest BCUT2D eigenvalue weighted by atomic mass is 10.1. The Morgan fingerprint density at radius 3 is 2.83 bits per heavy atom. The van der Waals surface area contributed by atoms with Crippen LogP contribution in [0, 0.1) is 11.8 Å². The van der Waals surface area contributed by atoms with Crippen LogP contribution in [0.1, 0.15) is 25.5 Å². The number of carbonyl (C=O) groups is 1. The molecule has 14 heteroatoms. The van der Waals surface area contributed by atoms with Gasteiger partial charge in [0.2, 0.25) is 0 Å². The van der Waals surface area contributed by atoms with Crippen molar-refractivity contribution >= 4 is 33.8 Å². The van der Waals surface area contributed by atoms with Gasteiger partial charge in [0.15, 0.2) is 29.0 Å². The first-order valence-corrected chi connectivity index (χ1v) is 13.6. The van der Waals surface area contributed by atoms with E-state index in [2.05, 4.69) is 37.8 Å². The highest BCUT2D eigenvalue weighted by molar-refractivity contribution is 7.97. The summed E-state index contributed by atoms with van der Waals surface area (Å²) >= 11 is 0. The van der Waals surface area contributed by atoms with Crippen LogP contribution in [0.2, 0.25) is 0 Å².